The van der Waals surface area contributed by atoms with Crippen LogP contribution in [0.15, 0.2) is 24.3 Å². The van der Waals surface area contributed by atoms with E-state index >= 15 is 0 Å². The lowest BCUT2D eigenvalue weighted by atomic mass is 10.1. The predicted molar refractivity (Wildman–Crippen MR) is 81.0 cm³/mol. The van der Waals surface area contributed by atoms with Gasteiger partial charge in [-0.3, -0.25) is 9.59 Å². The molecule has 0 heterocycles. The van der Waals surface area contributed by atoms with Gasteiger partial charge in [-0.25, -0.2) is 0 Å². The zero-order valence-corrected chi connectivity index (χ0v) is 13.5. The van der Waals surface area contributed by atoms with Crippen molar-refractivity contribution in [2.24, 2.45) is 0 Å². The number of benzene rings is 1. The number of Topliss-reactive ketones (excluding diaryl/α,β-unsaturated/α-hetero) is 1. The smallest absolute Gasteiger partial charge is 0.303 e. The Morgan fingerprint density at radius 1 is 1.10 bits per heavy atom. The van der Waals surface area contributed by atoms with E-state index < -0.39 is 0 Å². The van der Waals surface area contributed by atoms with E-state index in [1.165, 1.54) is 26.0 Å². The number of phenols is 1. The number of rotatable bonds is 1. The van der Waals surface area contributed by atoms with Crippen LogP contribution in [-0.4, -0.2) is 22.5 Å². The van der Waals surface area contributed by atoms with E-state index in [1.807, 2.05) is 34.6 Å². The molecule has 0 aromatic heterocycles. The van der Waals surface area contributed by atoms with Gasteiger partial charge >= 0.3 is 5.97 Å². The van der Waals surface area contributed by atoms with Crippen LogP contribution in [0, 0.1) is 0 Å². The predicted octanol–water partition coefficient (Wildman–Crippen LogP) is 3.97. The van der Waals surface area contributed by atoms with Gasteiger partial charge in [0.2, 0.25) is 0 Å². The normalized spacial score (nSPS) is 9.35. The summed E-state index contributed by atoms with van der Waals surface area (Å²) in [6, 6.07) is 6.29. The number of ether oxygens (including phenoxy) is 1. The summed E-state index contributed by atoms with van der Waals surface area (Å²) in [6.45, 7) is 12.4. The Hall–Kier alpha value is -1.84. The van der Waals surface area contributed by atoms with Gasteiger partial charge in [0.25, 0.3) is 0 Å². The first-order valence-electron chi connectivity index (χ1n) is 6.61. The first-order valence-corrected chi connectivity index (χ1v) is 6.61. The number of hydrogen-bond acceptors (Lipinski definition) is 4. The van der Waals surface area contributed by atoms with E-state index in [2.05, 4.69) is 0 Å². The minimum absolute atomic E-state index is 0.0316. The molecule has 0 saturated carbocycles. The third-order valence-electron chi connectivity index (χ3n) is 1.70. The van der Waals surface area contributed by atoms with Gasteiger partial charge in [0, 0.05) is 12.5 Å². The molecule has 0 atom stereocenters. The van der Waals surface area contributed by atoms with Crippen LogP contribution >= 0.6 is 0 Å². The highest BCUT2D eigenvalue weighted by molar-refractivity contribution is 5.94. The molecule has 0 radical (unpaired) electrons. The molecule has 114 valence electrons. The van der Waals surface area contributed by atoms with Gasteiger partial charge in [-0.05, 0) is 39.8 Å². The van der Waals surface area contributed by atoms with E-state index in [0.29, 0.717) is 5.56 Å². The molecular formula is C16H26O4. The summed E-state index contributed by atoms with van der Waals surface area (Å²) in [7, 11) is 0. The molecule has 0 unspecified atom stereocenters. The molecule has 4 nitrogen and oxygen atoms in total. The molecule has 0 saturated heterocycles. The fraction of sp³-hybridized carbons (Fsp3) is 0.500. The van der Waals surface area contributed by atoms with Crippen molar-refractivity contribution >= 4 is 11.8 Å². The van der Waals surface area contributed by atoms with Gasteiger partial charge < -0.3 is 9.84 Å². The number of esters is 1. The number of carbonyl (C=O) groups is 2. The van der Waals surface area contributed by atoms with Gasteiger partial charge in [-0.15, -0.1) is 0 Å². The summed E-state index contributed by atoms with van der Waals surface area (Å²) in [4.78, 5) is 20.9. The first-order chi connectivity index (χ1) is 9.11. The van der Waals surface area contributed by atoms with Gasteiger partial charge in [-0.2, -0.15) is 0 Å². The van der Waals surface area contributed by atoms with E-state index in [-0.39, 0.29) is 23.1 Å². The van der Waals surface area contributed by atoms with Crippen LogP contribution in [0.3, 0.4) is 0 Å². The quantitative estimate of drug-likeness (QED) is 0.625. The summed E-state index contributed by atoms with van der Waals surface area (Å²) in [6.07, 6.45) is 0. The average molecular weight is 282 g/mol. The molecule has 20 heavy (non-hydrogen) atoms. The number of aromatic hydroxyl groups is 1. The molecule has 0 spiro atoms. The standard InChI is InChI=1S/C8H8O2.C6H12O2.C2H6/c1-6(9)7-3-2-4-8(10)5-7;1-5(7)8-6(2,3)4;1-2/h2-5,10H,1H3;1-4H3;1-2H3. The van der Waals surface area contributed by atoms with Crippen LogP contribution < -0.4 is 0 Å². The fourth-order valence-corrected chi connectivity index (χ4v) is 1.16. The number of phenolic OH excluding ortho intramolecular Hbond substituents is 1. The number of hydrogen-bond donors (Lipinski definition) is 1. The molecule has 0 aliphatic rings. The summed E-state index contributed by atoms with van der Waals surface area (Å²) < 4.78 is 4.80. The summed E-state index contributed by atoms with van der Waals surface area (Å²) in [5, 5.41) is 8.91. The molecular weight excluding hydrogens is 256 g/mol. The minimum atomic E-state index is -0.328. The van der Waals surface area contributed by atoms with Gasteiger partial charge in [0.1, 0.15) is 11.4 Å². The maximum atomic E-state index is 10.7. The van der Waals surface area contributed by atoms with Crippen molar-refractivity contribution in [2.45, 2.75) is 54.1 Å². The first kappa shape index (κ1) is 20.5. The number of carbonyl (C=O) groups excluding carboxylic acids is 2. The van der Waals surface area contributed by atoms with Crippen molar-refractivity contribution in [1.82, 2.24) is 0 Å². The van der Waals surface area contributed by atoms with Crippen molar-refractivity contribution < 1.29 is 19.4 Å². The molecule has 0 aliphatic heterocycles. The summed E-state index contributed by atoms with van der Waals surface area (Å²) in [5.74, 6) is -0.124. The maximum Gasteiger partial charge on any atom is 0.303 e. The SMILES string of the molecule is CC.CC(=O)OC(C)(C)C.CC(=O)c1cccc(O)c1. The van der Waals surface area contributed by atoms with E-state index in [1.54, 1.807) is 12.1 Å². The Morgan fingerprint density at radius 3 is 1.80 bits per heavy atom. The third kappa shape index (κ3) is 12.6. The van der Waals surface area contributed by atoms with Crippen LogP contribution in [-0.2, 0) is 9.53 Å². The third-order valence-corrected chi connectivity index (χ3v) is 1.70. The van der Waals surface area contributed by atoms with Crippen LogP contribution in [0.1, 0.15) is 58.8 Å². The number of ketones is 1. The molecule has 1 aromatic rings. The second-order valence-corrected chi connectivity index (χ2v) is 4.81. The molecule has 0 bridgehead atoms. The second kappa shape index (κ2) is 10.0. The molecule has 1 rings (SSSR count). The monoisotopic (exact) mass is 282 g/mol. The van der Waals surface area contributed by atoms with E-state index in [9.17, 15) is 9.59 Å². The Kier molecular flexibility index (Phi) is 10.2. The van der Waals surface area contributed by atoms with Gasteiger partial charge in [0.05, 0.1) is 0 Å². The minimum Gasteiger partial charge on any atom is -0.508 e. The van der Waals surface area contributed by atoms with Crippen LogP contribution in [0.5, 0.6) is 5.75 Å². The molecule has 0 aliphatic carbocycles. The Balaban J connectivity index is 0. The van der Waals surface area contributed by atoms with Gasteiger partial charge in [0.15, 0.2) is 5.78 Å². The molecule has 0 fully saturated rings. The highest BCUT2D eigenvalue weighted by atomic mass is 16.6. The van der Waals surface area contributed by atoms with Crippen molar-refractivity contribution in [3.8, 4) is 5.75 Å². The zero-order valence-electron chi connectivity index (χ0n) is 13.5. The average Bonchev–Trinajstić information content (AvgIpc) is 2.29. The van der Waals surface area contributed by atoms with Crippen LogP contribution in [0.4, 0.5) is 0 Å². The lowest BCUT2D eigenvalue weighted by molar-refractivity contribution is -0.151. The van der Waals surface area contributed by atoms with Crippen molar-refractivity contribution in [1.29, 1.82) is 0 Å². The Morgan fingerprint density at radius 2 is 1.60 bits per heavy atom. The summed E-state index contributed by atoms with van der Waals surface area (Å²) in [5.41, 5.74) is 0.214. The van der Waals surface area contributed by atoms with Crippen LogP contribution in [0.25, 0.3) is 0 Å². The highest BCUT2D eigenvalue weighted by Crippen LogP contribution is 2.10. The lowest BCUT2D eigenvalue weighted by Crippen LogP contribution is -2.21. The second-order valence-electron chi connectivity index (χ2n) is 4.81. The summed E-state index contributed by atoms with van der Waals surface area (Å²) >= 11 is 0. The Labute approximate surface area is 121 Å². The largest absolute Gasteiger partial charge is 0.508 e. The lowest BCUT2D eigenvalue weighted by Gasteiger charge is -2.17. The van der Waals surface area contributed by atoms with Crippen molar-refractivity contribution in [3.05, 3.63) is 29.8 Å². The van der Waals surface area contributed by atoms with E-state index in [0.717, 1.165) is 0 Å². The van der Waals surface area contributed by atoms with Crippen molar-refractivity contribution in [2.75, 3.05) is 0 Å². The molecule has 0 amide bonds. The maximum absolute atomic E-state index is 10.7. The zero-order chi connectivity index (χ0) is 16.3. The Bertz CT molecular complexity index is 417. The highest BCUT2D eigenvalue weighted by Gasteiger charge is 2.11. The van der Waals surface area contributed by atoms with E-state index in [4.69, 9.17) is 9.84 Å². The molecule has 4 heteroatoms. The fourth-order valence-electron chi connectivity index (χ4n) is 1.16. The molecule has 1 N–H and O–H groups in total. The topological polar surface area (TPSA) is 63.6 Å². The van der Waals surface area contributed by atoms with Crippen molar-refractivity contribution in [3.63, 3.8) is 0 Å². The van der Waals surface area contributed by atoms with Gasteiger partial charge in [-0.1, -0.05) is 26.0 Å². The molecule has 1 aromatic carbocycles. The van der Waals surface area contributed by atoms with Crippen LogP contribution in [0.2, 0.25) is 0 Å².